The van der Waals surface area contributed by atoms with Crippen molar-refractivity contribution in [3.05, 3.63) is 29.8 Å². The average molecular weight is 255 g/mol. The molecule has 6 N–H and O–H groups in total. The van der Waals surface area contributed by atoms with Crippen LogP contribution in [0.2, 0.25) is 0 Å². The molecular formula is C11H17ClN5-. The van der Waals surface area contributed by atoms with Crippen molar-refractivity contribution in [3.8, 4) is 0 Å². The monoisotopic (exact) mass is 254 g/mol. The van der Waals surface area contributed by atoms with Crippen LogP contribution in [-0.2, 0) is 0 Å². The van der Waals surface area contributed by atoms with E-state index < -0.39 is 0 Å². The van der Waals surface area contributed by atoms with Gasteiger partial charge in [0.15, 0.2) is 5.96 Å². The van der Waals surface area contributed by atoms with E-state index in [0.29, 0.717) is 5.92 Å². The quantitative estimate of drug-likeness (QED) is 0.422. The maximum absolute atomic E-state index is 5.51. The third kappa shape index (κ3) is 5.21. The second kappa shape index (κ2) is 6.75. The Morgan fingerprint density at radius 2 is 1.59 bits per heavy atom. The van der Waals surface area contributed by atoms with Crippen LogP contribution in [0.1, 0.15) is 25.3 Å². The van der Waals surface area contributed by atoms with Crippen molar-refractivity contribution >= 4 is 17.6 Å². The Bertz CT molecular complexity index is 404. The third-order valence-electron chi connectivity index (χ3n) is 2.05. The second-order valence-corrected chi connectivity index (χ2v) is 3.75. The van der Waals surface area contributed by atoms with Gasteiger partial charge in [-0.25, -0.2) is 4.99 Å². The summed E-state index contributed by atoms with van der Waals surface area (Å²) in [7, 11) is 0. The molecule has 0 saturated heterocycles. The molecule has 0 saturated carbocycles. The minimum Gasteiger partial charge on any atom is -1.00 e. The summed E-state index contributed by atoms with van der Waals surface area (Å²) < 4.78 is 0. The lowest BCUT2D eigenvalue weighted by atomic mass is 10.0. The number of guanidine groups is 2. The van der Waals surface area contributed by atoms with E-state index in [0.717, 1.165) is 5.69 Å². The predicted molar refractivity (Wildman–Crippen MR) is 67.6 cm³/mol. The fourth-order valence-corrected chi connectivity index (χ4v) is 1.22. The standard InChI is InChI=1S/C11H17N5.ClH/c1-7(2)8-3-5-9(6-4-8)15-11(14)16-10(12)13;/h3-7H,1-2H3,(H6,12,13,14,15,16);1H/p-1. The number of aliphatic imine (C=N–C) groups is 2. The lowest BCUT2D eigenvalue weighted by Gasteiger charge is -2.04. The molecule has 0 aromatic heterocycles. The lowest BCUT2D eigenvalue weighted by molar-refractivity contribution is -0.00000404. The molecular weight excluding hydrogens is 238 g/mol. The van der Waals surface area contributed by atoms with E-state index >= 15 is 0 Å². The van der Waals surface area contributed by atoms with Crippen molar-refractivity contribution in [3.63, 3.8) is 0 Å². The van der Waals surface area contributed by atoms with Crippen molar-refractivity contribution in [2.24, 2.45) is 27.2 Å². The summed E-state index contributed by atoms with van der Waals surface area (Å²) in [5.74, 6) is 0.449. The summed E-state index contributed by atoms with van der Waals surface area (Å²) in [5.41, 5.74) is 17.8. The summed E-state index contributed by atoms with van der Waals surface area (Å²) in [6.07, 6.45) is 0. The Balaban J connectivity index is 0.00000256. The lowest BCUT2D eigenvalue weighted by Crippen LogP contribution is -3.00. The molecule has 0 aliphatic heterocycles. The van der Waals surface area contributed by atoms with Gasteiger partial charge in [-0.1, -0.05) is 26.0 Å². The molecule has 0 aliphatic rings. The first-order valence-corrected chi connectivity index (χ1v) is 5.03. The van der Waals surface area contributed by atoms with E-state index in [1.54, 1.807) is 0 Å². The first kappa shape index (κ1) is 15.2. The molecule has 0 unspecified atom stereocenters. The molecule has 5 nitrogen and oxygen atoms in total. The smallest absolute Gasteiger partial charge is 0.223 e. The van der Waals surface area contributed by atoms with Crippen LogP contribution in [-0.4, -0.2) is 11.9 Å². The Morgan fingerprint density at radius 1 is 1.06 bits per heavy atom. The maximum atomic E-state index is 5.51. The molecule has 0 bridgehead atoms. The number of benzene rings is 1. The van der Waals surface area contributed by atoms with Gasteiger partial charge in [0.25, 0.3) is 0 Å². The van der Waals surface area contributed by atoms with E-state index in [4.69, 9.17) is 17.2 Å². The fraction of sp³-hybridized carbons (Fsp3) is 0.273. The maximum Gasteiger partial charge on any atom is 0.223 e. The van der Waals surface area contributed by atoms with E-state index in [1.807, 2.05) is 24.3 Å². The van der Waals surface area contributed by atoms with E-state index in [-0.39, 0.29) is 24.3 Å². The van der Waals surface area contributed by atoms with Gasteiger partial charge in [-0.15, -0.1) is 0 Å². The van der Waals surface area contributed by atoms with Crippen LogP contribution >= 0.6 is 0 Å². The van der Waals surface area contributed by atoms with Crippen LogP contribution in [0.15, 0.2) is 34.3 Å². The molecule has 17 heavy (non-hydrogen) atoms. The van der Waals surface area contributed by atoms with Gasteiger partial charge in [0, 0.05) is 0 Å². The zero-order chi connectivity index (χ0) is 12.1. The van der Waals surface area contributed by atoms with Gasteiger partial charge >= 0.3 is 0 Å². The Kier molecular flexibility index (Phi) is 6.06. The van der Waals surface area contributed by atoms with Gasteiger partial charge in [-0.3, -0.25) is 0 Å². The van der Waals surface area contributed by atoms with Gasteiger partial charge in [-0.2, -0.15) is 4.99 Å². The van der Waals surface area contributed by atoms with Crippen molar-refractivity contribution in [2.75, 3.05) is 0 Å². The largest absolute Gasteiger partial charge is 1.00 e. The van der Waals surface area contributed by atoms with Crippen LogP contribution in [0.5, 0.6) is 0 Å². The number of hydrogen-bond donors (Lipinski definition) is 3. The zero-order valence-corrected chi connectivity index (χ0v) is 10.6. The van der Waals surface area contributed by atoms with E-state index in [2.05, 4.69) is 23.8 Å². The Labute approximate surface area is 107 Å². The molecule has 0 atom stereocenters. The SMILES string of the molecule is CC(C)c1ccc(N=C(N)N=C(N)N)cc1.[Cl-]. The predicted octanol–water partition coefficient (Wildman–Crippen LogP) is -1.97. The molecule has 1 rings (SSSR count). The van der Waals surface area contributed by atoms with Crippen LogP contribution in [0.3, 0.4) is 0 Å². The molecule has 1 aromatic rings. The summed E-state index contributed by atoms with van der Waals surface area (Å²) in [6.45, 7) is 4.26. The van der Waals surface area contributed by atoms with Crippen molar-refractivity contribution in [1.29, 1.82) is 0 Å². The molecule has 0 fully saturated rings. The molecule has 0 amide bonds. The molecule has 1 aromatic carbocycles. The van der Waals surface area contributed by atoms with Crippen LogP contribution in [0.4, 0.5) is 5.69 Å². The van der Waals surface area contributed by atoms with Crippen LogP contribution in [0.25, 0.3) is 0 Å². The molecule has 94 valence electrons. The van der Waals surface area contributed by atoms with Gasteiger partial charge < -0.3 is 29.6 Å². The van der Waals surface area contributed by atoms with Crippen molar-refractivity contribution in [1.82, 2.24) is 0 Å². The Morgan fingerprint density at radius 3 is 2.00 bits per heavy atom. The normalized spacial score (nSPS) is 10.9. The first-order chi connectivity index (χ1) is 7.49. The topological polar surface area (TPSA) is 103 Å². The van der Waals surface area contributed by atoms with Gasteiger partial charge in [0.1, 0.15) is 0 Å². The van der Waals surface area contributed by atoms with Gasteiger partial charge in [-0.05, 0) is 23.6 Å². The summed E-state index contributed by atoms with van der Waals surface area (Å²) >= 11 is 0. The van der Waals surface area contributed by atoms with Gasteiger partial charge in [0.05, 0.1) is 5.69 Å². The number of nitrogens with two attached hydrogens (primary N) is 3. The number of hydrogen-bond acceptors (Lipinski definition) is 1. The van der Waals surface area contributed by atoms with Crippen molar-refractivity contribution < 1.29 is 12.4 Å². The van der Waals surface area contributed by atoms with E-state index in [1.165, 1.54) is 5.56 Å². The highest BCUT2D eigenvalue weighted by Crippen LogP contribution is 2.18. The molecule has 0 aliphatic carbocycles. The summed E-state index contributed by atoms with van der Waals surface area (Å²) in [5, 5.41) is 0. The number of halogens is 1. The van der Waals surface area contributed by atoms with Crippen LogP contribution < -0.4 is 29.6 Å². The highest BCUT2D eigenvalue weighted by atomic mass is 35.5. The van der Waals surface area contributed by atoms with Crippen LogP contribution in [0, 0.1) is 0 Å². The average Bonchev–Trinajstić information content (AvgIpc) is 2.16. The molecule has 0 radical (unpaired) electrons. The van der Waals surface area contributed by atoms with Gasteiger partial charge in [0.2, 0.25) is 5.96 Å². The molecule has 6 heteroatoms. The third-order valence-corrected chi connectivity index (χ3v) is 2.05. The number of nitrogens with zero attached hydrogens (tertiary/aromatic N) is 2. The first-order valence-electron chi connectivity index (χ1n) is 5.03. The molecule has 0 spiro atoms. The number of rotatable bonds is 2. The highest BCUT2D eigenvalue weighted by molar-refractivity contribution is 5.93. The zero-order valence-electron chi connectivity index (χ0n) is 9.89. The molecule has 0 heterocycles. The minimum absolute atomic E-state index is 0. The fourth-order valence-electron chi connectivity index (χ4n) is 1.22. The van der Waals surface area contributed by atoms with Crippen molar-refractivity contribution in [2.45, 2.75) is 19.8 Å². The minimum atomic E-state index is -0.0972. The van der Waals surface area contributed by atoms with E-state index in [9.17, 15) is 0 Å². The highest BCUT2D eigenvalue weighted by Gasteiger charge is 1.98. The Hall–Kier alpha value is -1.75. The summed E-state index contributed by atoms with van der Waals surface area (Å²) in [4.78, 5) is 7.68. The summed E-state index contributed by atoms with van der Waals surface area (Å²) in [6, 6.07) is 7.77. The second-order valence-electron chi connectivity index (χ2n) is 3.75.